The molecule has 2 atom stereocenters. The van der Waals surface area contributed by atoms with Gasteiger partial charge in [-0.25, -0.2) is 4.39 Å². The highest BCUT2D eigenvalue weighted by Gasteiger charge is 2.78. The van der Waals surface area contributed by atoms with Crippen molar-refractivity contribution < 1.29 is 44.3 Å². The molecule has 1 nitrogen and oxygen atoms in total. The Balaban J connectivity index is 3.29. The minimum absolute atomic E-state index is 2.20. The van der Waals surface area contributed by atoms with Gasteiger partial charge in [0.25, 0.3) is 5.67 Å². The van der Waals surface area contributed by atoms with Crippen LogP contribution < -0.4 is 0 Å². The molecule has 0 spiro atoms. The predicted octanol–water partition coefficient (Wildman–Crippen LogP) is 4.16. The predicted molar refractivity (Wildman–Crippen MR) is 39.8 cm³/mol. The number of hydrogen-bond acceptors (Lipinski definition) is 1. The Morgan fingerprint density at radius 1 is 0.889 bits per heavy atom. The summed E-state index contributed by atoms with van der Waals surface area (Å²) >= 11 is 4.28. The molecule has 0 saturated carbocycles. The lowest BCUT2D eigenvalue weighted by molar-refractivity contribution is -0.414. The van der Waals surface area contributed by atoms with Crippen LogP contribution in [0.2, 0.25) is 0 Å². The van der Waals surface area contributed by atoms with Crippen LogP contribution >= 0.6 is 11.6 Å². The monoisotopic (exact) mass is 310 g/mol. The summed E-state index contributed by atoms with van der Waals surface area (Å²) < 4.78 is 117. The molecule has 1 saturated heterocycles. The molecular formula is C7H4ClF9O. The van der Waals surface area contributed by atoms with Gasteiger partial charge in [0.05, 0.1) is 0 Å². The Bertz CT molecular complexity index is 338. The van der Waals surface area contributed by atoms with Gasteiger partial charge in [-0.2, -0.15) is 35.1 Å². The van der Waals surface area contributed by atoms with Crippen molar-refractivity contribution in [3.63, 3.8) is 0 Å². The van der Waals surface area contributed by atoms with E-state index < -0.39 is 42.0 Å². The lowest BCUT2D eigenvalue weighted by Crippen LogP contribution is -2.57. The number of alkyl halides is 10. The van der Waals surface area contributed by atoms with Crippen LogP contribution in [0, 0.1) is 0 Å². The third-order valence-corrected chi connectivity index (χ3v) is 2.73. The second-order valence-corrected chi connectivity index (χ2v) is 4.13. The maximum Gasteiger partial charge on any atom is 0.431 e. The SMILES string of the molecule is FC(F)(F)C1(F)CCC(F)(F)C(F)(Cl)OC1(F)F. The third kappa shape index (κ3) is 2.13. The molecule has 0 aromatic rings. The highest BCUT2D eigenvalue weighted by atomic mass is 35.5. The van der Waals surface area contributed by atoms with Gasteiger partial charge in [-0.1, -0.05) is 0 Å². The molecule has 1 aliphatic heterocycles. The smallest absolute Gasteiger partial charge is 0.261 e. The minimum atomic E-state index is -6.23. The Labute approximate surface area is 98.8 Å². The van der Waals surface area contributed by atoms with Crippen LogP contribution in [0.1, 0.15) is 12.8 Å². The largest absolute Gasteiger partial charge is 0.431 e. The Morgan fingerprint density at radius 2 is 1.33 bits per heavy atom. The third-order valence-electron chi connectivity index (χ3n) is 2.38. The molecule has 0 bridgehead atoms. The number of rotatable bonds is 0. The van der Waals surface area contributed by atoms with Gasteiger partial charge >= 0.3 is 23.5 Å². The summed E-state index contributed by atoms with van der Waals surface area (Å²) in [6, 6.07) is 0. The van der Waals surface area contributed by atoms with E-state index in [1.54, 1.807) is 0 Å². The normalized spacial score (nSPS) is 40.3. The van der Waals surface area contributed by atoms with Crippen molar-refractivity contribution in [1.82, 2.24) is 0 Å². The molecule has 0 amide bonds. The van der Waals surface area contributed by atoms with Crippen LogP contribution in [-0.2, 0) is 4.74 Å². The Kier molecular flexibility index (Phi) is 3.32. The Hall–Kier alpha value is -0.380. The van der Waals surface area contributed by atoms with Crippen molar-refractivity contribution in [3.8, 4) is 0 Å². The van der Waals surface area contributed by atoms with Crippen molar-refractivity contribution in [2.75, 3.05) is 0 Å². The summed E-state index contributed by atoms with van der Waals surface area (Å²) in [5.41, 5.74) is -5.45. The average Bonchev–Trinajstić information content (AvgIpc) is 2.13. The topological polar surface area (TPSA) is 9.23 Å². The van der Waals surface area contributed by atoms with E-state index in [4.69, 9.17) is 0 Å². The zero-order chi connectivity index (χ0) is 14.6. The van der Waals surface area contributed by atoms with Gasteiger partial charge in [0.1, 0.15) is 0 Å². The van der Waals surface area contributed by atoms with E-state index in [2.05, 4.69) is 16.3 Å². The molecule has 1 rings (SSSR count). The van der Waals surface area contributed by atoms with Crippen LogP contribution in [-0.4, -0.2) is 29.2 Å². The van der Waals surface area contributed by atoms with Gasteiger partial charge in [-0.3, -0.25) is 4.74 Å². The van der Waals surface area contributed by atoms with Gasteiger partial charge in [0, 0.05) is 12.8 Å². The maximum atomic E-state index is 13.2. The molecule has 1 aliphatic rings. The number of ether oxygens (including phenoxy) is 1. The molecule has 2 unspecified atom stereocenters. The highest BCUT2D eigenvalue weighted by molar-refractivity contribution is 6.22. The van der Waals surface area contributed by atoms with Crippen molar-refractivity contribution in [1.29, 1.82) is 0 Å². The first-order valence-corrected chi connectivity index (χ1v) is 4.63. The van der Waals surface area contributed by atoms with E-state index in [9.17, 15) is 39.5 Å². The Morgan fingerprint density at radius 3 is 1.72 bits per heavy atom. The van der Waals surface area contributed by atoms with E-state index in [-0.39, 0.29) is 0 Å². The fourth-order valence-corrected chi connectivity index (χ4v) is 1.43. The zero-order valence-corrected chi connectivity index (χ0v) is 8.86. The molecule has 0 aromatic carbocycles. The fraction of sp³-hybridized carbons (Fsp3) is 1.00. The number of hydrogen-bond donors (Lipinski definition) is 0. The molecule has 1 fully saturated rings. The summed E-state index contributed by atoms with van der Waals surface area (Å²) in [6.45, 7) is 0. The molecule has 0 N–H and O–H groups in total. The van der Waals surface area contributed by atoms with Crippen molar-refractivity contribution in [2.24, 2.45) is 0 Å². The first-order chi connectivity index (χ1) is 7.66. The van der Waals surface area contributed by atoms with Crippen LogP contribution in [0.5, 0.6) is 0 Å². The van der Waals surface area contributed by atoms with Crippen LogP contribution in [0.25, 0.3) is 0 Å². The summed E-state index contributed by atoms with van der Waals surface area (Å²) in [7, 11) is 0. The quantitative estimate of drug-likeness (QED) is 0.482. The van der Waals surface area contributed by atoms with Crippen molar-refractivity contribution >= 4 is 11.6 Å². The van der Waals surface area contributed by atoms with Crippen molar-refractivity contribution in [3.05, 3.63) is 0 Å². The van der Waals surface area contributed by atoms with Crippen molar-refractivity contribution in [2.45, 2.75) is 42.0 Å². The lowest BCUT2D eigenvalue weighted by Gasteiger charge is -2.33. The minimum Gasteiger partial charge on any atom is -0.261 e. The summed E-state index contributed by atoms with van der Waals surface area (Å²) in [6.07, 6.45) is -16.7. The second-order valence-electron chi connectivity index (χ2n) is 3.64. The van der Waals surface area contributed by atoms with Gasteiger partial charge in [-0.05, 0) is 11.6 Å². The van der Waals surface area contributed by atoms with Crippen LogP contribution in [0.15, 0.2) is 0 Å². The molecule has 11 heteroatoms. The van der Waals surface area contributed by atoms with E-state index in [1.165, 1.54) is 0 Å². The van der Waals surface area contributed by atoms with Crippen LogP contribution in [0.4, 0.5) is 39.5 Å². The lowest BCUT2D eigenvalue weighted by atomic mass is 9.96. The summed E-state index contributed by atoms with van der Waals surface area (Å²) in [5, 5.41) is -4.93. The fourth-order valence-electron chi connectivity index (χ4n) is 1.24. The molecular weight excluding hydrogens is 307 g/mol. The van der Waals surface area contributed by atoms with Gasteiger partial charge < -0.3 is 0 Å². The zero-order valence-electron chi connectivity index (χ0n) is 8.10. The molecule has 0 radical (unpaired) electrons. The van der Waals surface area contributed by atoms with Crippen LogP contribution in [0.3, 0.4) is 0 Å². The van der Waals surface area contributed by atoms with Gasteiger partial charge in [0.15, 0.2) is 0 Å². The highest BCUT2D eigenvalue weighted by Crippen LogP contribution is 2.57. The molecule has 0 aromatic heterocycles. The standard InChI is InChI=1S/C7H4ClF9O/c8-5(12)4(10,11)2-1-3(9,6(13,14)15)7(16,17)18-5/h1-2H2. The molecule has 108 valence electrons. The second kappa shape index (κ2) is 3.81. The first kappa shape index (κ1) is 15.7. The average molecular weight is 311 g/mol. The maximum absolute atomic E-state index is 13.2. The van der Waals surface area contributed by atoms with Gasteiger partial charge in [0.2, 0.25) is 0 Å². The van der Waals surface area contributed by atoms with E-state index in [1.807, 2.05) is 0 Å². The first-order valence-electron chi connectivity index (χ1n) is 4.26. The summed E-state index contributed by atoms with van der Waals surface area (Å²) in [5.74, 6) is -4.91. The molecule has 1 heterocycles. The molecule has 0 aliphatic carbocycles. The van der Waals surface area contributed by atoms with Gasteiger partial charge in [-0.15, -0.1) is 0 Å². The summed E-state index contributed by atoms with van der Waals surface area (Å²) in [4.78, 5) is 0. The number of halogens is 10. The van der Waals surface area contributed by atoms with E-state index >= 15 is 0 Å². The van der Waals surface area contributed by atoms with E-state index in [0.29, 0.717) is 0 Å². The molecule has 18 heavy (non-hydrogen) atoms. The van der Waals surface area contributed by atoms with E-state index in [0.717, 1.165) is 0 Å².